The first kappa shape index (κ1) is 19.2. The Morgan fingerprint density at radius 2 is 1.62 bits per heavy atom. The third kappa shape index (κ3) is 6.41. The number of rotatable bonds is 7. The third-order valence-electron chi connectivity index (χ3n) is 3.40. The first-order valence-corrected chi connectivity index (χ1v) is 8.19. The van der Waals surface area contributed by atoms with Crippen LogP contribution in [-0.4, -0.2) is 24.3 Å². The molecule has 4 N–H and O–H groups in total. The summed E-state index contributed by atoms with van der Waals surface area (Å²) < 4.78 is 0. The summed E-state index contributed by atoms with van der Waals surface area (Å²) in [5.74, 6) is -1.22. The van der Waals surface area contributed by atoms with Crippen LogP contribution in [0.25, 0.3) is 6.08 Å². The van der Waals surface area contributed by atoms with Crippen LogP contribution in [0.5, 0.6) is 0 Å². The SMILES string of the molecule is NC(=O)CNC(=O)c1ccc(CNC(=O)C=Cc2ccc(Cl)cc2)cc1. The van der Waals surface area contributed by atoms with Crippen LogP contribution in [-0.2, 0) is 16.1 Å². The molecule has 0 aromatic heterocycles. The summed E-state index contributed by atoms with van der Waals surface area (Å²) in [4.78, 5) is 34.3. The van der Waals surface area contributed by atoms with E-state index in [9.17, 15) is 14.4 Å². The molecule has 0 radical (unpaired) electrons. The van der Waals surface area contributed by atoms with Crippen LogP contribution in [0, 0.1) is 0 Å². The molecule has 7 heteroatoms. The Morgan fingerprint density at radius 3 is 2.23 bits per heavy atom. The highest BCUT2D eigenvalue weighted by Crippen LogP contribution is 2.10. The smallest absolute Gasteiger partial charge is 0.251 e. The van der Waals surface area contributed by atoms with E-state index in [1.807, 2.05) is 12.1 Å². The normalized spacial score (nSPS) is 10.5. The van der Waals surface area contributed by atoms with Gasteiger partial charge in [0.25, 0.3) is 5.91 Å². The van der Waals surface area contributed by atoms with Gasteiger partial charge in [-0.25, -0.2) is 0 Å². The van der Waals surface area contributed by atoms with E-state index in [1.54, 1.807) is 42.5 Å². The van der Waals surface area contributed by atoms with Crippen molar-refractivity contribution in [3.05, 3.63) is 76.3 Å². The Bertz CT molecular complexity index is 815. The van der Waals surface area contributed by atoms with E-state index in [0.717, 1.165) is 11.1 Å². The number of benzene rings is 2. The van der Waals surface area contributed by atoms with Crippen molar-refractivity contribution in [1.82, 2.24) is 10.6 Å². The van der Waals surface area contributed by atoms with Crippen molar-refractivity contribution in [3.8, 4) is 0 Å². The molecule has 0 saturated carbocycles. The van der Waals surface area contributed by atoms with E-state index in [2.05, 4.69) is 10.6 Å². The monoisotopic (exact) mass is 371 g/mol. The largest absolute Gasteiger partial charge is 0.368 e. The number of primary amides is 1. The first-order valence-electron chi connectivity index (χ1n) is 7.81. The van der Waals surface area contributed by atoms with Crippen LogP contribution >= 0.6 is 11.6 Å². The molecular formula is C19H18ClN3O3. The molecule has 6 nitrogen and oxygen atoms in total. The minimum absolute atomic E-state index is 0.212. The Balaban J connectivity index is 1.83. The zero-order valence-electron chi connectivity index (χ0n) is 13.9. The van der Waals surface area contributed by atoms with Crippen molar-refractivity contribution < 1.29 is 14.4 Å². The zero-order chi connectivity index (χ0) is 18.9. The van der Waals surface area contributed by atoms with E-state index in [0.29, 0.717) is 17.1 Å². The molecule has 0 heterocycles. The molecule has 0 saturated heterocycles. The number of amides is 3. The van der Waals surface area contributed by atoms with Crippen LogP contribution in [0.3, 0.4) is 0 Å². The highest BCUT2D eigenvalue weighted by atomic mass is 35.5. The lowest BCUT2D eigenvalue weighted by atomic mass is 10.1. The van der Waals surface area contributed by atoms with E-state index in [-0.39, 0.29) is 18.4 Å². The van der Waals surface area contributed by atoms with Crippen LogP contribution in [0.1, 0.15) is 21.5 Å². The molecule has 26 heavy (non-hydrogen) atoms. The molecule has 0 aliphatic rings. The molecule has 2 aromatic rings. The van der Waals surface area contributed by atoms with Gasteiger partial charge in [0, 0.05) is 23.2 Å². The topological polar surface area (TPSA) is 101 Å². The molecule has 2 aromatic carbocycles. The molecule has 3 amide bonds. The van der Waals surface area contributed by atoms with Crippen molar-refractivity contribution in [3.63, 3.8) is 0 Å². The van der Waals surface area contributed by atoms with E-state index in [1.165, 1.54) is 6.08 Å². The number of carbonyl (C=O) groups is 3. The quantitative estimate of drug-likeness (QED) is 0.648. The van der Waals surface area contributed by atoms with Crippen LogP contribution in [0.15, 0.2) is 54.6 Å². The molecule has 134 valence electrons. The zero-order valence-corrected chi connectivity index (χ0v) is 14.6. The summed E-state index contributed by atoms with van der Waals surface area (Å²) in [6.45, 7) is 0.115. The standard InChI is InChI=1S/C19H18ClN3O3/c20-16-8-3-13(4-9-16)5-10-18(25)22-11-14-1-6-15(7-2-14)19(26)23-12-17(21)24/h1-10H,11-12H2,(H2,21,24)(H,22,25)(H,23,26). The van der Waals surface area contributed by atoms with Gasteiger partial charge in [-0.2, -0.15) is 0 Å². The molecule has 0 unspecified atom stereocenters. The number of hydrogen-bond donors (Lipinski definition) is 3. The van der Waals surface area contributed by atoms with Gasteiger partial charge in [-0.1, -0.05) is 35.9 Å². The lowest BCUT2D eigenvalue weighted by Gasteiger charge is -2.05. The maximum absolute atomic E-state index is 11.8. The van der Waals surface area contributed by atoms with Gasteiger partial charge >= 0.3 is 0 Å². The molecule has 0 fully saturated rings. The van der Waals surface area contributed by atoms with Gasteiger partial charge in [-0.3, -0.25) is 14.4 Å². The molecule has 0 aliphatic carbocycles. The summed E-state index contributed by atoms with van der Waals surface area (Å²) in [7, 11) is 0. The predicted molar refractivity (Wildman–Crippen MR) is 100 cm³/mol. The summed E-state index contributed by atoms with van der Waals surface area (Å²) >= 11 is 5.81. The molecular weight excluding hydrogens is 354 g/mol. The lowest BCUT2D eigenvalue weighted by Crippen LogP contribution is -2.33. The third-order valence-corrected chi connectivity index (χ3v) is 3.66. The number of nitrogens with two attached hydrogens (primary N) is 1. The average Bonchev–Trinajstić information content (AvgIpc) is 2.64. The van der Waals surface area contributed by atoms with Crippen molar-refractivity contribution >= 4 is 35.4 Å². The van der Waals surface area contributed by atoms with Crippen LogP contribution in [0.2, 0.25) is 5.02 Å². The lowest BCUT2D eigenvalue weighted by molar-refractivity contribution is -0.117. The summed E-state index contributed by atoms with van der Waals surface area (Å²) in [5, 5.41) is 5.80. The van der Waals surface area contributed by atoms with Gasteiger partial charge in [0.05, 0.1) is 6.54 Å². The Kier molecular flexibility index (Phi) is 6.93. The van der Waals surface area contributed by atoms with Crippen LogP contribution < -0.4 is 16.4 Å². The molecule has 0 atom stereocenters. The molecule has 2 rings (SSSR count). The highest BCUT2D eigenvalue weighted by Gasteiger charge is 2.06. The fourth-order valence-electron chi connectivity index (χ4n) is 2.04. The predicted octanol–water partition coefficient (Wildman–Crippen LogP) is 1.88. The summed E-state index contributed by atoms with van der Waals surface area (Å²) in [5.41, 5.74) is 7.09. The van der Waals surface area contributed by atoms with E-state index in [4.69, 9.17) is 17.3 Å². The summed E-state index contributed by atoms with van der Waals surface area (Å²) in [6.07, 6.45) is 3.13. The van der Waals surface area contributed by atoms with Crippen molar-refractivity contribution in [2.24, 2.45) is 5.73 Å². The molecule has 0 spiro atoms. The molecule has 0 bridgehead atoms. The second-order valence-electron chi connectivity index (χ2n) is 5.45. The number of halogens is 1. The molecule has 0 aliphatic heterocycles. The van der Waals surface area contributed by atoms with Gasteiger partial charge in [-0.05, 0) is 41.5 Å². The van der Waals surface area contributed by atoms with Gasteiger partial charge in [0.15, 0.2) is 0 Å². The second kappa shape index (κ2) is 9.39. The second-order valence-corrected chi connectivity index (χ2v) is 5.89. The number of nitrogens with one attached hydrogen (secondary N) is 2. The van der Waals surface area contributed by atoms with Crippen molar-refractivity contribution in [1.29, 1.82) is 0 Å². The highest BCUT2D eigenvalue weighted by molar-refractivity contribution is 6.30. The van der Waals surface area contributed by atoms with E-state index < -0.39 is 5.91 Å². The fraction of sp³-hybridized carbons (Fsp3) is 0.105. The van der Waals surface area contributed by atoms with E-state index >= 15 is 0 Å². The Labute approximate surface area is 156 Å². The average molecular weight is 372 g/mol. The van der Waals surface area contributed by atoms with Gasteiger partial charge in [-0.15, -0.1) is 0 Å². The van der Waals surface area contributed by atoms with Crippen molar-refractivity contribution in [2.75, 3.05) is 6.54 Å². The van der Waals surface area contributed by atoms with Crippen LogP contribution in [0.4, 0.5) is 0 Å². The van der Waals surface area contributed by atoms with Crippen molar-refractivity contribution in [2.45, 2.75) is 6.54 Å². The number of hydrogen-bond acceptors (Lipinski definition) is 3. The van der Waals surface area contributed by atoms with Gasteiger partial charge < -0.3 is 16.4 Å². The first-order chi connectivity index (χ1) is 12.4. The fourth-order valence-corrected chi connectivity index (χ4v) is 2.16. The van der Waals surface area contributed by atoms with Gasteiger partial charge in [0.1, 0.15) is 0 Å². The maximum atomic E-state index is 11.8. The minimum atomic E-state index is -0.607. The maximum Gasteiger partial charge on any atom is 0.251 e. The summed E-state index contributed by atoms with van der Waals surface area (Å²) in [6, 6.07) is 13.8. The Hall–Kier alpha value is -3.12. The number of carbonyl (C=O) groups excluding carboxylic acids is 3. The minimum Gasteiger partial charge on any atom is -0.368 e. The van der Waals surface area contributed by atoms with Gasteiger partial charge in [0.2, 0.25) is 11.8 Å². The Morgan fingerprint density at radius 1 is 0.962 bits per heavy atom.